The van der Waals surface area contributed by atoms with Crippen LogP contribution in [0.15, 0.2) is 12.1 Å². The zero-order chi connectivity index (χ0) is 13.7. The Bertz CT molecular complexity index is 370. The number of hydrogen-bond acceptors (Lipinski definition) is 2. The van der Waals surface area contributed by atoms with E-state index in [1.807, 2.05) is 20.8 Å². The van der Waals surface area contributed by atoms with E-state index in [1.54, 1.807) is 4.90 Å². The standard InChI is InChI=1S/C14H21F2NO/c1-10-6-11(2)13(12(3)7-10)8-17(4-5-18)9-14(15)16/h6-7,14,18H,4-5,8-9H2,1-3H3. The second-order valence-corrected chi connectivity index (χ2v) is 4.73. The van der Waals surface area contributed by atoms with Crippen LogP contribution in [0.4, 0.5) is 8.78 Å². The van der Waals surface area contributed by atoms with Gasteiger partial charge in [-0.2, -0.15) is 0 Å². The molecule has 0 radical (unpaired) electrons. The maximum Gasteiger partial charge on any atom is 0.251 e. The lowest BCUT2D eigenvalue weighted by molar-refractivity contribution is 0.0744. The van der Waals surface area contributed by atoms with Gasteiger partial charge in [-0.25, -0.2) is 8.78 Å². The van der Waals surface area contributed by atoms with E-state index in [4.69, 9.17) is 5.11 Å². The van der Waals surface area contributed by atoms with Crippen molar-refractivity contribution in [2.24, 2.45) is 0 Å². The van der Waals surface area contributed by atoms with Crippen molar-refractivity contribution < 1.29 is 13.9 Å². The molecule has 1 aromatic rings. The maximum atomic E-state index is 12.5. The number of nitrogens with zero attached hydrogens (tertiary/aromatic N) is 1. The lowest BCUT2D eigenvalue weighted by Crippen LogP contribution is -2.31. The van der Waals surface area contributed by atoms with E-state index in [9.17, 15) is 8.78 Å². The number of alkyl halides is 2. The van der Waals surface area contributed by atoms with E-state index in [0.29, 0.717) is 6.54 Å². The molecule has 0 atom stereocenters. The number of benzene rings is 1. The fourth-order valence-electron chi connectivity index (χ4n) is 2.25. The van der Waals surface area contributed by atoms with Gasteiger partial charge >= 0.3 is 0 Å². The van der Waals surface area contributed by atoms with Gasteiger partial charge in [0.1, 0.15) is 0 Å². The Morgan fingerprint density at radius 1 is 1.17 bits per heavy atom. The fraction of sp³-hybridized carbons (Fsp3) is 0.571. The molecule has 1 N–H and O–H groups in total. The Morgan fingerprint density at radius 3 is 2.17 bits per heavy atom. The molecule has 0 fully saturated rings. The average molecular weight is 257 g/mol. The highest BCUT2D eigenvalue weighted by atomic mass is 19.3. The number of aliphatic hydroxyl groups is 1. The summed E-state index contributed by atoms with van der Waals surface area (Å²) in [4.78, 5) is 1.59. The molecule has 1 aromatic carbocycles. The molecule has 1 rings (SSSR count). The first-order valence-electron chi connectivity index (χ1n) is 6.12. The average Bonchev–Trinajstić information content (AvgIpc) is 2.22. The van der Waals surface area contributed by atoms with Gasteiger partial charge in [-0.05, 0) is 37.5 Å². The summed E-state index contributed by atoms with van der Waals surface area (Å²) in [5, 5.41) is 8.92. The van der Waals surface area contributed by atoms with Crippen molar-refractivity contribution in [3.8, 4) is 0 Å². The lowest BCUT2D eigenvalue weighted by Gasteiger charge is -2.23. The van der Waals surface area contributed by atoms with Crippen LogP contribution in [0.5, 0.6) is 0 Å². The third kappa shape index (κ3) is 4.35. The zero-order valence-corrected chi connectivity index (χ0v) is 11.2. The van der Waals surface area contributed by atoms with Crippen molar-refractivity contribution in [2.45, 2.75) is 33.7 Å². The van der Waals surface area contributed by atoms with Crippen LogP contribution in [0.3, 0.4) is 0 Å². The van der Waals surface area contributed by atoms with Gasteiger partial charge in [0.15, 0.2) is 0 Å². The highest BCUT2D eigenvalue weighted by Gasteiger charge is 2.14. The zero-order valence-electron chi connectivity index (χ0n) is 11.2. The summed E-state index contributed by atoms with van der Waals surface area (Å²) in [6, 6.07) is 4.11. The van der Waals surface area contributed by atoms with Gasteiger partial charge < -0.3 is 5.11 Å². The summed E-state index contributed by atoms with van der Waals surface area (Å²) < 4.78 is 24.9. The van der Waals surface area contributed by atoms with Gasteiger partial charge in [0.2, 0.25) is 0 Å². The van der Waals surface area contributed by atoms with E-state index in [1.165, 1.54) is 5.56 Å². The van der Waals surface area contributed by atoms with Gasteiger partial charge in [0.25, 0.3) is 6.43 Å². The van der Waals surface area contributed by atoms with E-state index in [-0.39, 0.29) is 19.7 Å². The van der Waals surface area contributed by atoms with Gasteiger partial charge in [0.05, 0.1) is 13.2 Å². The first-order valence-corrected chi connectivity index (χ1v) is 6.12. The summed E-state index contributed by atoms with van der Waals surface area (Å²) in [5.74, 6) is 0. The second-order valence-electron chi connectivity index (χ2n) is 4.73. The molecule has 0 spiro atoms. The predicted molar refractivity (Wildman–Crippen MR) is 69.0 cm³/mol. The van der Waals surface area contributed by atoms with Crippen LogP contribution in [0.25, 0.3) is 0 Å². The van der Waals surface area contributed by atoms with Crippen LogP contribution >= 0.6 is 0 Å². The van der Waals surface area contributed by atoms with Crippen molar-refractivity contribution in [1.29, 1.82) is 0 Å². The molecule has 0 aliphatic carbocycles. The van der Waals surface area contributed by atoms with E-state index in [2.05, 4.69) is 12.1 Å². The monoisotopic (exact) mass is 257 g/mol. The fourth-order valence-corrected chi connectivity index (χ4v) is 2.25. The van der Waals surface area contributed by atoms with Gasteiger partial charge in [-0.15, -0.1) is 0 Å². The Morgan fingerprint density at radius 2 is 1.72 bits per heavy atom. The summed E-state index contributed by atoms with van der Waals surface area (Å²) in [7, 11) is 0. The second kappa shape index (κ2) is 6.81. The Hall–Kier alpha value is -1.00. The highest BCUT2D eigenvalue weighted by Crippen LogP contribution is 2.18. The molecular formula is C14H21F2NO. The van der Waals surface area contributed by atoms with Gasteiger partial charge in [-0.3, -0.25) is 4.90 Å². The number of rotatable bonds is 6. The molecule has 0 aliphatic heterocycles. The van der Waals surface area contributed by atoms with Crippen LogP contribution in [-0.4, -0.2) is 36.1 Å². The molecule has 4 heteroatoms. The molecule has 0 bridgehead atoms. The molecule has 18 heavy (non-hydrogen) atoms. The van der Waals surface area contributed by atoms with E-state index >= 15 is 0 Å². The van der Waals surface area contributed by atoms with Crippen LogP contribution in [-0.2, 0) is 6.54 Å². The topological polar surface area (TPSA) is 23.5 Å². The molecule has 0 unspecified atom stereocenters. The normalized spacial score (nSPS) is 11.6. The Kier molecular flexibility index (Phi) is 5.69. The number of hydrogen-bond donors (Lipinski definition) is 1. The van der Waals surface area contributed by atoms with E-state index < -0.39 is 6.43 Å². The third-order valence-electron chi connectivity index (χ3n) is 3.03. The van der Waals surface area contributed by atoms with Gasteiger partial charge in [-0.1, -0.05) is 17.7 Å². The van der Waals surface area contributed by atoms with E-state index in [0.717, 1.165) is 16.7 Å². The van der Waals surface area contributed by atoms with Crippen molar-refractivity contribution in [2.75, 3.05) is 19.7 Å². The predicted octanol–water partition coefficient (Wildman–Crippen LogP) is 2.67. The molecule has 0 aromatic heterocycles. The summed E-state index contributed by atoms with van der Waals surface area (Å²) in [6.07, 6.45) is -2.37. The Labute approximate surface area is 107 Å². The number of aliphatic hydroxyl groups excluding tert-OH is 1. The van der Waals surface area contributed by atoms with Crippen molar-refractivity contribution in [3.63, 3.8) is 0 Å². The maximum absolute atomic E-state index is 12.5. The first-order chi connectivity index (χ1) is 8.43. The molecular weight excluding hydrogens is 236 g/mol. The van der Waals surface area contributed by atoms with Crippen molar-refractivity contribution in [1.82, 2.24) is 4.90 Å². The third-order valence-corrected chi connectivity index (χ3v) is 3.03. The molecule has 0 saturated carbocycles. The van der Waals surface area contributed by atoms with Crippen LogP contribution in [0.1, 0.15) is 22.3 Å². The largest absolute Gasteiger partial charge is 0.395 e. The van der Waals surface area contributed by atoms with Crippen LogP contribution in [0.2, 0.25) is 0 Å². The van der Waals surface area contributed by atoms with Gasteiger partial charge in [0, 0.05) is 13.1 Å². The number of aryl methyl sites for hydroxylation is 3. The summed E-state index contributed by atoms with van der Waals surface area (Å²) >= 11 is 0. The summed E-state index contributed by atoms with van der Waals surface area (Å²) in [6.45, 7) is 6.35. The first kappa shape index (κ1) is 15.1. The quantitative estimate of drug-likeness (QED) is 0.847. The molecule has 102 valence electrons. The smallest absolute Gasteiger partial charge is 0.251 e. The van der Waals surface area contributed by atoms with Crippen LogP contribution in [0, 0.1) is 20.8 Å². The Balaban J connectivity index is 2.86. The molecule has 2 nitrogen and oxygen atoms in total. The lowest BCUT2D eigenvalue weighted by atomic mass is 9.99. The van der Waals surface area contributed by atoms with Crippen molar-refractivity contribution in [3.05, 3.63) is 34.4 Å². The highest BCUT2D eigenvalue weighted by molar-refractivity contribution is 5.37. The van der Waals surface area contributed by atoms with Crippen LogP contribution < -0.4 is 0 Å². The van der Waals surface area contributed by atoms with Crippen molar-refractivity contribution >= 4 is 0 Å². The SMILES string of the molecule is Cc1cc(C)c(CN(CCO)CC(F)F)c(C)c1. The minimum atomic E-state index is -2.37. The number of halogens is 2. The minimum Gasteiger partial charge on any atom is -0.395 e. The molecule has 0 amide bonds. The molecule has 0 saturated heterocycles. The molecule has 0 aliphatic rings. The molecule has 0 heterocycles. The minimum absolute atomic E-state index is 0.101. The summed E-state index contributed by atoms with van der Waals surface area (Å²) in [5.41, 5.74) is 4.49.